The van der Waals surface area contributed by atoms with Crippen LogP contribution in [0.3, 0.4) is 0 Å². The summed E-state index contributed by atoms with van der Waals surface area (Å²) in [6.07, 6.45) is 5.11. The highest BCUT2D eigenvalue weighted by molar-refractivity contribution is 6.29. The number of hydrogen-bond donors (Lipinski definition) is 2. The molecular formula is C24H21ClN6O2. The van der Waals surface area contributed by atoms with Crippen molar-refractivity contribution in [2.45, 2.75) is 6.92 Å². The van der Waals surface area contributed by atoms with Crippen molar-refractivity contribution in [2.24, 2.45) is 0 Å². The maximum Gasteiger partial charge on any atom is 0.214 e. The Kier molecular flexibility index (Phi) is 6.72. The summed E-state index contributed by atoms with van der Waals surface area (Å²) in [6.45, 7) is 2.57. The summed E-state index contributed by atoms with van der Waals surface area (Å²) in [5.74, 6) is 8.47. The lowest BCUT2D eigenvalue weighted by atomic mass is 10.1. The topological polar surface area (TPSA) is 108 Å². The van der Waals surface area contributed by atoms with Gasteiger partial charge in [-0.1, -0.05) is 23.6 Å². The van der Waals surface area contributed by atoms with Crippen LogP contribution < -0.4 is 20.5 Å². The van der Waals surface area contributed by atoms with Gasteiger partial charge in [0.1, 0.15) is 41.4 Å². The number of nitrogens with zero attached hydrogens (tertiary/aromatic N) is 4. The number of aromatic nitrogens is 4. The van der Waals surface area contributed by atoms with Gasteiger partial charge in [-0.25, -0.2) is 19.9 Å². The fraction of sp³-hybridized carbons (Fsp3) is 0.167. The number of aryl methyl sites for hydroxylation is 1. The summed E-state index contributed by atoms with van der Waals surface area (Å²) in [4.78, 5) is 17.0. The van der Waals surface area contributed by atoms with E-state index in [0.29, 0.717) is 47.3 Å². The van der Waals surface area contributed by atoms with Crippen molar-refractivity contribution in [1.82, 2.24) is 19.9 Å². The minimum atomic E-state index is 0.320. The minimum Gasteiger partial charge on any atom is -0.490 e. The van der Waals surface area contributed by atoms with Crippen LogP contribution in [0, 0.1) is 18.8 Å². The van der Waals surface area contributed by atoms with E-state index in [1.807, 2.05) is 6.92 Å². The Morgan fingerprint density at radius 3 is 2.67 bits per heavy atom. The molecule has 0 bridgehead atoms. The molecule has 4 aromatic heterocycles. The van der Waals surface area contributed by atoms with Crippen LogP contribution in [0.1, 0.15) is 16.8 Å². The number of fused-ring (bicyclic) bond motifs is 1. The van der Waals surface area contributed by atoms with Gasteiger partial charge in [-0.2, -0.15) is 0 Å². The van der Waals surface area contributed by atoms with E-state index in [1.165, 1.54) is 0 Å². The summed E-state index contributed by atoms with van der Waals surface area (Å²) >= 11 is 5.86. The van der Waals surface area contributed by atoms with E-state index in [0.717, 1.165) is 21.9 Å². The third kappa shape index (κ3) is 5.40. The monoisotopic (exact) mass is 460 g/mol. The quantitative estimate of drug-likeness (QED) is 0.253. The van der Waals surface area contributed by atoms with Crippen LogP contribution in [0.25, 0.3) is 10.8 Å². The average Bonchev–Trinajstić information content (AvgIpc) is 2.81. The summed E-state index contributed by atoms with van der Waals surface area (Å²) < 4.78 is 11.4. The van der Waals surface area contributed by atoms with Gasteiger partial charge >= 0.3 is 0 Å². The Balaban J connectivity index is 1.49. The zero-order valence-electron chi connectivity index (χ0n) is 18.1. The highest BCUT2D eigenvalue weighted by Gasteiger charge is 2.07. The number of pyridine rings is 4. The first-order valence-corrected chi connectivity index (χ1v) is 10.5. The number of hydrogen-bond acceptors (Lipinski definition) is 8. The maximum absolute atomic E-state index is 5.88. The fourth-order valence-corrected chi connectivity index (χ4v) is 3.23. The predicted molar refractivity (Wildman–Crippen MR) is 129 cm³/mol. The van der Waals surface area contributed by atoms with Crippen LogP contribution >= 0.6 is 11.6 Å². The van der Waals surface area contributed by atoms with Crippen LogP contribution in [0.5, 0.6) is 11.6 Å². The second-order valence-electron chi connectivity index (χ2n) is 7.01. The Labute approximate surface area is 196 Å². The second-order valence-corrected chi connectivity index (χ2v) is 7.39. The lowest BCUT2D eigenvalue weighted by molar-refractivity contribution is 0.211. The Morgan fingerprint density at radius 1 is 1.00 bits per heavy atom. The van der Waals surface area contributed by atoms with Gasteiger partial charge in [0.2, 0.25) is 5.88 Å². The fourth-order valence-electron chi connectivity index (χ4n) is 3.08. The lowest BCUT2D eigenvalue weighted by Gasteiger charge is -2.10. The van der Waals surface area contributed by atoms with E-state index in [-0.39, 0.29) is 0 Å². The molecule has 0 aliphatic heterocycles. The summed E-state index contributed by atoms with van der Waals surface area (Å²) in [5, 5.41) is 5.14. The van der Waals surface area contributed by atoms with Crippen molar-refractivity contribution in [1.29, 1.82) is 0 Å². The Bertz CT molecular complexity index is 1370. The highest BCUT2D eigenvalue weighted by atomic mass is 35.5. The number of nitrogens with one attached hydrogen (secondary N) is 1. The van der Waals surface area contributed by atoms with Crippen LogP contribution in [-0.2, 0) is 0 Å². The van der Waals surface area contributed by atoms with Gasteiger partial charge in [0.25, 0.3) is 0 Å². The van der Waals surface area contributed by atoms with Crippen molar-refractivity contribution in [2.75, 3.05) is 31.3 Å². The van der Waals surface area contributed by atoms with Crippen LogP contribution in [0.2, 0.25) is 5.15 Å². The van der Waals surface area contributed by atoms with Gasteiger partial charge in [-0.15, -0.1) is 0 Å². The lowest BCUT2D eigenvalue weighted by Crippen LogP contribution is -2.10. The van der Waals surface area contributed by atoms with Crippen molar-refractivity contribution in [3.05, 3.63) is 70.9 Å². The number of nitrogen functional groups attached to an aromatic ring is 1. The van der Waals surface area contributed by atoms with Gasteiger partial charge < -0.3 is 20.5 Å². The zero-order valence-corrected chi connectivity index (χ0v) is 18.8. The Morgan fingerprint density at radius 2 is 1.85 bits per heavy atom. The number of anilines is 2. The van der Waals surface area contributed by atoms with Crippen molar-refractivity contribution in [3.63, 3.8) is 0 Å². The third-order valence-electron chi connectivity index (χ3n) is 4.69. The van der Waals surface area contributed by atoms with Crippen LogP contribution in [0.15, 0.2) is 48.9 Å². The predicted octanol–water partition coefficient (Wildman–Crippen LogP) is 3.86. The van der Waals surface area contributed by atoms with E-state index >= 15 is 0 Å². The standard InChI is InChI=1S/C24H21ClN6O2/c1-15-12-28-17(10-20(15)32-8-9-33-23-5-3-4-21(25)31-23)7-6-16-13-30-24(27-2)19-14-29-22(26)11-18(16)19/h3-5,10-14H,8-9H2,1-2H3,(H2,26,29)(H,27,30). The highest BCUT2D eigenvalue weighted by Crippen LogP contribution is 2.25. The van der Waals surface area contributed by atoms with E-state index in [1.54, 1.807) is 56.0 Å². The first-order chi connectivity index (χ1) is 16.0. The first-order valence-electron chi connectivity index (χ1n) is 10.1. The number of halogens is 1. The molecule has 0 unspecified atom stereocenters. The molecule has 0 aromatic carbocycles. The molecule has 9 heteroatoms. The van der Waals surface area contributed by atoms with E-state index in [2.05, 4.69) is 37.1 Å². The van der Waals surface area contributed by atoms with Gasteiger partial charge in [0.05, 0.1) is 5.56 Å². The van der Waals surface area contributed by atoms with Crippen LogP contribution in [-0.4, -0.2) is 40.2 Å². The minimum absolute atomic E-state index is 0.320. The normalized spacial score (nSPS) is 10.4. The molecule has 0 spiro atoms. The molecule has 8 nitrogen and oxygen atoms in total. The van der Waals surface area contributed by atoms with Crippen molar-refractivity contribution in [3.8, 4) is 23.5 Å². The van der Waals surface area contributed by atoms with Crippen LogP contribution in [0.4, 0.5) is 11.6 Å². The molecule has 4 rings (SSSR count). The molecule has 0 saturated heterocycles. The molecule has 4 heterocycles. The molecule has 0 fully saturated rings. The molecule has 0 atom stereocenters. The van der Waals surface area contributed by atoms with Gasteiger partial charge in [-0.05, 0) is 25.0 Å². The van der Waals surface area contributed by atoms with Crippen molar-refractivity contribution >= 4 is 34.0 Å². The largest absolute Gasteiger partial charge is 0.490 e. The number of nitrogens with two attached hydrogens (primary N) is 1. The number of ether oxygens (including phenoxy) is 2. The van der Waals surface area contributed by atoms with E-state index < -0.39 is 0 Å². The second kappa shape index (κ2) is 10.0. The summed E-state index contributed by atoms with van der Waals surface area (Å²) in [5.41, 5.74) is 8.07. The molecule has 4 aromatic rings. The Hall–Kier alpha value is -4.09. The molecule has 0 aliphatic rings. The first kappa shape index (κ1) is 22.1. The SMILES string of the molecule is CNc1ncc(C#Cc2cc(OCCOc3cccc(Cl)n3)c(C)cn2)c2cc(N)ncc12. The zero-order chi connectivity index (χ0) is 23.2. The number of rotatable bonds is 6. The molecule has 33 heavy (non-hydrogen) atoms. The van der Waals surface area contributed by atoms with E-state index in [4.69, 9.17) is 26.8 Å². The molecule has 166 valence electrons. The third-order valence-corrected chi connectivity index (χ3v) is 4.90. The molecule has 0 radical (unpaired) electrons. The van der Waals surface area contributed by atoms with Gasteiger partial charge in [-0.3, -0.25) is 0 Å². The average molecular weight is 461 g/mol. The van der Waals surface area contributed by atoms with Gasteiger partial charge in [0, 0.05) is 54.1 Å². The molecular weight excluding hydrogens is 440 g/mol. The summed E-state index contributed by atoms with van der Waals surface area (Å²) in [6, 6.07) is 8.79. The molecule has 0 amide bonds. The summed E-state index contributed by atoms with van der Waals surface area (Å²) in [7, 11) is 1.80. The molecule has 0 aliphatic carbocycles. The van der Waals surface area contributed by atoms with Crippen molar-refractivity contribution < 1.29 is 9.47 Å². The van der Waals surface area contributed by atoms with Gasteiger partial charge in [0.15, 0.2) is 0 Å². The molecule has 0 saturated carbocycles. The molecule has 3 N–H and O–H groups in total. The maximum atomic E-state index is 5.88. The smallest absolute Gasteiger partial charge is 0.214 e. The van der Waals surface area contributed by atoms with E-state index in [9.17, 15) is 0 Å².